The maximum absolute atomic E-state index is 5.87. The number of nitrogens with two attached hydrogens (primary N) is 1. The molecule has 0 radical (unpaired) electrons. The standard InChI is InChI=1S/C14H16N4O2S/c1-19-11-4-10(5-12(6-11)20-2)16-7-9-8-17-14(21-3)18-13(9)15/h4-8H,1-3H3,(H2,15,17,18)/b16-7+. The first-order valence-corrected chi connectivity index (χ1v) is 7.32. The summed E-state index contributed by atoms with van der Waals surface area (Å²) in [4.78, 5) is 12.7. The Morgan fingerprint density at radius 2 is 1.86 bits per heavy atom. The fraction of sp³-hybridized carbons (Fsp3) is 0.214. The van der Waals surface area contributed by atoms with Crippen molar-refractivity contribution in [2.24, 2.45) is 4.99 Å². The zero-order valence-corrected chi connectivity index (χ0v) is 12.8. The lowest BCUT2D eigenvalue weighted by molar-refractivity contribution is 0.394. The average Bonchev–Trinajstić information content (AvgIpc) is 2.53. The van der Waals surface area contributed by atoms with Crippen LogP contribution >= 0.6 is 11.8 Å². The molecule has 2 aromatic rings. The van der Waals surface area contributed by atoms with Crippen LogP contribution in [-0.2, 0) is 0 Å². The van der Waals surface area contributed by atoms with E-state index in [0.717, 1.165) is 0 Å². The van der Waals surface area contributed by atoms with E-state index in [9.17, 15) is 0 Å². The van der Waals surface area contributed by atoms with E-state index in [1.54, 1.807) is 44.8 Å². The predicted octanol–water partition coefficient (Wildman–Crippen LogP) is 2.55. The van der Waals surface area contributed by atoms with Gasteiger partial charge in [0.25, 0.3) is 0 Å². The lowest BCUT2D eigenvalue weighted by Gasteiger charge is -2.05. The monoisotopic (exact) mass is 304 g/mol. The minimum atomic E-state index is 0.396. The molecule has 7 heteroatoms. The summed E-state index contributed by atoms with van der Waals surface area (Å²) in [7, 11) is 3.18. The molecule has 0 fully saturated rings. The minimum absolute atomic E-state index is 0.396. The number of hydrogen-bond acceptors (Lipinski definition) is 7. The van der Waals surface area contributed by atoms with Gasteiger partial charge in [-0.15, -0.1) is 0 Å². The Balaban J connectivity index is 2.28. The number of aromatic nitrogens is 2. The van der Waals surface area contributed by atoms with Crippen LogP contribution in [0.1, 0.15) is 5.56 Å². The van der Waals surface area contributed by atoms with E-state index in [1.807, 2.05) is 6.26 Å². The highest BCUT2D eigenvalue weighted by molar-refractivity contribution is 7.98. The van der Waals surface area contributed by atoms with E-state index in [2.05, 4.69) is 15.0 Å². The van der Waals surface area contributed by atoms with Crippen molar-refractivity contribution in [3.8, 4) is 11.5 Å². The van der Waals surface area contributed by atoms with Crippen molar-refractivity contribution in [3.05, 3.63) is 30.0 Å². The number of nitrogens with zero attached hydrogens (tertiary/aromatic N) is 3. The third-order valence-electron chi connectivity index (χ3n) is 2.70. The largest absolute Gasteiger partial charge is 0.497 e. The van der Waals surface area contributed by atoms with Crippen molar-refractivity contribution in [1.82, 2.24) is 9.97 Å². The Labute approximate surface area is 127 Å². The molecule has 0 saturated carbocycles. The first kappa shape index (κ1) is 15.1. The quantitative estimate of drug-likeness (QED) is 0.519. The van der Waals surface area contributed by atoms with Crippen LogP contribution in [0.2, 0.25) is 0 Å². The van der Waals surface area contributed by atoms with E-state index >= 15 is 0 Å². The van der Waals surface area contributed by atoms with Crippen LogP contribution in [0.5, 0.6) is 11.5 Å². The number of nitrogen functional groups attached to an aromatic ring is 1. The van der Waals surface area contributed by atoms with Crippen LogP contribution < -0.4 is 15.2 Å². The highest BCUT2D eigenvalue weighted by atomic mass is 32.2. The number of ether oxygens (including phenoxy) is 2. The van der Waals surface area contributed by atoms with Gasteiger partial charge in [0.05, 0.1) is 25.5 Å². The normalized spacial score (nSPS) is 10.8. The van der Waals surface area contributed by atoms with E-state index < -0.39 is 0 Å². The molecule has 0 atom stereocenters. The van der Waals surface area contributed by atoms with E-state index in [-0.39, 0.29) is 0 Å². The van der Waals surface area contributed by atoms with Gasteiger partial charge in [-0.3, -0.25) is 4.99 Å². The summed E-state index contributed by atoms with van der Waals surface area (Å²) in [6, 6.07) is 5.38. The molecule has 1 heterocycles. The van der Waals surface area contributed by atoms with E-state index in [0.29, 0.717) is 33.7 Å². The molecule has 0 aliphatic heterocycles. The summed E-state index contributed by atoms with van der Waals surface area (Å²) in [5.41, 5.74) is 7.22. The Hall–Kier alpha value is -2.28. The highest BCUT2D eigenvalue weighted by Gasteiger charge is 2.03. The average molecular weight is 304 g/mol. The second-order valence-corrected chi connectivity index (χ2v) is 4.80. The molecule has 0 aliphatic carbocycles. The van der Waals surface area contributed by atoms with Crippen LogP contribution in [0.3, 0.4) is 0 Å². The summed E-state index contributed by atoms with van der Waals surface area (Å²) in [6.45, 7) is 0. The van der Waals surface area contributed by atoms with Crippen LogP contribution in [0.15, 0.2) is 34.5 Å². The molecule has 0 aliphatic rings. The van der Waals surface area contributed by atoms with Crippen molar-refractivity contribution in [2.75, 3.05) is 26.2 Å². The fourth-order valence-corrected chi connectivity index (χ4v) is 1.94. The van der Waals surface area contributed by atoms with Gasteiger partial charge in [0, 0.05) is 30.6 Å². The summed E-state index contributed by atoms with van der Waals surface area (Å²) < 4.78 is 10.4. The van der Waals surface area contributed by atoms with Gasteiger partial charge in [-0.2, -0.15) is 0 Å². The smallest absolute Gasteiger partial charge is 0.189 e. The molecule has 0 unspecified atom stereocenters. The Morgan fingerprint density at radius 3 is 2.38 bits per heavy atom. The molecule has 1 aromatic carbocycles. The topological polar surface area (TPSA) is 82.6 Å². The number of benzene rings is 1. The molecule has 21 heavy (non-hydrogen) atoms. The van der Waals surface area contributed by atoms with E-state index in [1.165, 1.54) is 11.8 Å². The molecular formula is C14H16N4O2S. The molecule has 0 amide bonds. The second kappa shape index (κ2) is 6.94. The maximum atomic E-state index is 5.87. The predicted molar refractivity (Wildman–Crippen MR) is 85.0 cm³/mol. The van der Waals surface area contributed by atoms with Crippen molar-refractivity contribution in [1.29, 1.82) is 0 Å². The summed E-state index contributed by atoms with van der Waals surface area (Å²) in [5, 5.41) is 0.632. The third kappa shape index (κ3) is 3.85. The minimum Gasteiger partial charge on any atom is -0.497 e. The second-order valence-electron chi connectivity index (χ2n) is 4.03. The Kier molecular flexibility index (Phi) is 4.99. The van der Waals surface area contributed by atoms with Gasteiger partial charge in [0.1, 0.15) is 17.3 Å². The molecule has 0 bridgehead atoms. The molecule has 2 rings (SSSR count). The van der Waals surface area contributed by atoms with Gasteiger partial charge in [-0.25, -0.2) is 9.97 Å². The van der Waals surface area contributed by atoms with Crippen LogP contribution in [-0.4, -0.2) is 36.7 Å². The zero-order valence-electron chi connectivity index (χ0n) is 12.0. The van der Waals surface area contributed by atoms with Gasteiger partial charge < -0.3 is 15.2 Å². The lowest BCUT2D eigenvalue weighted by Crippen LogP contribution is -1.99. The van der Waals surface area contributed by atoms with Gasteiger partial charge >= 0.3 is 0 Å². The molecule has 2 N–H and O–H groups in total. The Bertz CT molecular complexity index is 639. The van der Waals surface area contributed by atoms with E-state index in [4.69, 9.17) is 15.2 Å². The highest BCUT2D eigenvalue weighted by Crippen LogP contribution is 2.27. The molecule has 110 valence electrons. The third-order valence-corrected chi connectivity index (χ3v) is 3.26. The first-order chi connectivity index (χ1) is 10.2. The summed E-state index contributed by atoms with van der Waals surface area (Å²) >= 11 is 1.44. The Morgan fingerprint density at radius 1 is 1.19 bits per heavy atom. The van der Waals surface area contributed by atoms with Gasteiger partial charge in [0.15, 0.2) is 5.16 Å². The fourth-order valence-electron chi connectivity index (χ4n) is 1.60. The van der Waals surface area contributed by atoms with Gasteiger partial charge in [-0.05, 0) is 6.26 Å². The lowest BCUT2D eigenvalue weighted by atomic mass is 10.2. The number of anilines is 1. The van der Waals surface area contributed by atoms with Crippen LogP contribution in [0, 0.1) is 0 Å². The van der Waals surface area contributed by atoms with Crippen molar-refractivity contribution < 1.29 is 9.47 Å². The van der Waals surface area contributed by atoms with Gasteiger partial charge in [0.2, 0.25) is 0 Å². The molecular weight excluding hydrogens is 288 g/mol. The first-order valence-electron chi connectivity index (χ1n) is 6.10. The van der Waals surface area contributed by atoms with Crippen molar-refractivity contribution in [2.45, 2.75) is 5.16 Å². The SMILES string of the molecule is COc1cc(/N=C/c2cnc(SC)nc2N)cc(OC)c1. The van der Waals surface area contributed by atoms with Gasteiger partial charge in [-0.1, -0.05) is 11.8 Å². The number of thioether (sulfide) groups is 1. The molecule has 6 nitrogen and oxygen atoms in total. The summed E-state index contributed by atoms with van der Waals surface area (Å²) in [5.74, 6) is 1.74. The van der Waals surface area contributed by atoms with Crippen molar-refractivity contribution in [3.63, 3.8) is 0 Å². The van der Waals surface area contributed by atoms with Crippen LogP contribution in [0.25, 0.3) is 0 Å². The molecule has 0 spiro atoms. The summed E-state index contributed by atoms with van der Waals surface area (Å²) in [6.07, 6.45) is 5.16. The van der Waals surface area contributed by atoms with Crippen molar-refractivity contribution >= 4 is 29.5 Å². The number of methoxy groups -OCH3 is 2. The maximum Gasteiger partial charge on any atom is 0.189 e. The molecule has 1 aromatic heterocycles. The number of hydrogen-bond donors (Lipinski definition) is 1. The zero-order chi connectivity index (χ0) is 15.2. The number of rotatable bonds is 5. The molecule has 0 saturated heterocycles. The van der Waals surface area contributed by atoms with Crippen LogP contribution in [0.4, 0.5) is 11.5 Å². The number of aliphatic imine (C=N–C) groups is 1.